The second-order valence-electron chi connectivity index (χ2n) is 2.10. The van der Waals surface area contributed by atoms with Crippen LogP contribution in [-0.4, -0.2) is 18.0 Å². The van der Waals surface area contributed by atoms with Crippen molar-refractivity contribution < 1.29 is 9.46 Å². The Bertz CT molecular complexity index is 63.6. The third-order valence-corrected chi connectivity index (χ3v) is 1.17. The van der Waals surface area contributed by atoms with Gasteiger partial charge in [0.2, 0.25) is 0 Å². The van der Waals surface area contributed by atoms with Crippen LogP contribution in [0.1, 0.15) is 25.7 Å². The predicted molar refractivity (Wildman–Crippen MR) is 49.2 cm³/mol. The van der Waals surface area contributed by atoms with Crippen LogP contribution in [0.15, 0.2) is 0 Å². The molecule has 0 amide bonds. The molecule has 0 aromatic heterocycles. The smallest absolute Gasteiger partial charge is 0.177 e. The second kappa shape index (κ2) is 16.6. The molecule has 1 aliphatic carbocycles. The van der Waals surface area contributed by atoms with Crippen LogP contribution < -0.4 is 11.5 Å². The normalized spacial score (nSPS) is 14.1. The van der Waals surface area contributed by atoms with Crippen molar-refractivity contribution in [2.75, 3.05) is 13.1 Å². The zero-order valence-corrected chi connectivity index (χ0v) is 7.98. The third kappa shape index (κ3) is 25.5. The summed E-state index contributed by atoms with van der Waals surface area (Å²) < 4.78 is 8.57. The van der Waals surface area contributed by atoms with E-state index < -0.39 is 8.69 Å². The average molecular weight is 182 g/mol. The van der Waals surface area contributed by atoms with Crippen LogP contribution >= 0.6 is 8.69 Å². The van der Waals surface area contributed by atoms with E-state index in [0.717, 1.165) is 0 Å². The molecule has 70 valence electrons. The molecule has 1 rings (SSSR count). The zero-order chi connectivity index (χ0) is 8.95. The van der Waals surface area contributed by atoms with E-state index in [9.17, 15) is 0 Å². The standard InChI is InChI=1S/C4H8.C2H8N2.H3O2P/c1-2-4-3-1;3-1-2-4;1-3-2/h2*1-4H2;3H2,(H,1,2). The van der Waals surface area contributed by atoms with Crippen molar-refractivity contribution >= 4 is 8.69 Å². The summed E-state index contributed by atoms with van der Waals surface area (Å²) in [4.78, 5) is 7.10. The third-order valence-electron chi connectivity index (χ3n) is 1.17. The van der Waals surface area contributed by atoms with Crippen molar-refractivity contribution in [1.29, 1.82) is 0 Å². The monoisotopic (exact) mass is 182 g/mol. The Morgan fingerprint density at radius 1 is 1.09 bits per heavy atom. The van der Waals surface area contributed by atoms with E-state index in [4.69, 9.17) is 20.9 Å². The summed E-state index contributed by atoms with van der Waals surface area (Å²) in [5.41, 5.74) is 9.81. The highest BCUT2D eigenvalue weighted by Gasteiger charge is 1.95. The number of nitrogens with two attached hydrogens (primary N) is 2. The van der Waals surface area contributed by atoms with Gasteiger partial charge in [0, 0.05) is 13.1 Å². The van der Waals surface area contributed by atoms with E-state index in [1.807, 2.05) is 0 Å². The van der Waals surface area contributed by atoms with Gasteiger partial charge in [0.25, 0.3) is 0 Å². The molecule has 0 bridgehead atoms. The highest BCUT2D eigenvalue weighted by atomic mass is 31.1. The van der Waals surface area contributed by atoms with Gasteiger partial charge in [-0.3, -0.25) is 4.57 Å². The molecular formula is C6H19N2O2P. The van der Waals surface area contributed by atoms with Gasteiger partial charge in [-0.25, -0.2) is 0 Å². The lowest BCUT2D eigenvalue weighted by Crippen LogP contribution is -2.11. The SMILES string of the molecule is C1CCC1.NCCN.O=[PH2]O. The van der Waals surface area contributed by atoms with Gasteiger partial charge in [0.1, 0.15) is 0 Å². The quantitative estimate of drug-likeness (QED) is 0.502. The first-order valence-electron chi connectivity index (χ1n) is 3.81. The Balaban J connectivity index is 0. The summed E-state index contributed by atoms with van der Waals surface area (Å²) in [5, 5.41) is 0. The average Bonchev–Trinajstić information content (AvgIpc) is 1.85. The number of hydrogen-bond donors (Lipinski definition) is 3. The molecule has 0 aromatic carbocycles. The van der Waals surface area contributed by atoms with Crippen molar-refractivity contribution in [2.45, 2.75) is 25.7 Å². The van der Waals surface area contributed by atoms with Crippen LogP contribution in [0.5, 0.6) is 0 Å². The maximum Gasteiger partial charge on any atom is 0.177 e. The van der Waals surface area contributed by atoms with Crippen LogP contribution in [-0.2, 0) is 4.57 Å². The lowest BCUT2D eigenvalue weighted by Gasteiger charge is -2.05. The van der Waals surface area contributed by atoms with Crippen molar-refractivity contribution in [3.63, 3.8) is 0 Å². The van der Waals surface area contributed by atoms with Gasteiger partial charge >= 0.3 is 0 Å². The van der Waals surface area contributed by atoms with Gasteiger partial charge in [-0.2, -0.15) is 0 Å². The fourth-order valence-electron chi connectivity index (χ4n) is 0.250. The zero-order valence-electron chi connectivity index (χ0n) is 6.83. The van der Waals surface area contributed by atoms with Gasteiger partial charge < -0.3 is 16.4 Å². The minimum atomic E-state index is -1.50. The highest BCUT2D eigenvalue weighted by Crippen LogP contribution is 2.15. The van der Waals surface area contributed by atoms with Gasteiger partial charge in [-0.05, 0) is 0 Å². The summed E-state index contributed by atoms with van der Waals surface area (Å²) in [5.74, 6) is 0. The lowest BCUT2D eigenvalue weighted by molar-refractivity contribution is 0.504. The molecule has 5 heteroatoms. The van der Waals surface area contributed by atoms with Gasteiger partial charge in [0.15, 0.2) is 8.69 Å². The maximum absolute atomic E-state index is 8.57. The minimum Gasteiger partial charge on any atom is -0.348 e. The van der Waals surface area contributed by atoms with E-state index in [-0.39, 0.29) is 0 Å². The molecule has 1 unspecified atom stereocenters. The van der Waals surface area contributed by atoms with E-state index in [0.29, 0.717) is 13.1 Å². The number of rotatable bonds is 1. The first kappa shape index (κ1) is 13.7. The number of hydrogen-bond acceptors (Lipinski definition) is 3. The van der Waals surface area contributed by atoms with Crippen molar-refractivity contribution in [1.82, 2.24) is 0 Å². The molecule has 11 heavy (non-hydrogen) atoms. The Morgan fingerprint density at radius 2 is 1.27 bits per heavy atom. The topological polar surface area (TPSA) is 89.3 Å². The Labute approximate surface area is 69.3 Å². The molecule has 1 fully saturated rings. The molecule has 1 atom stereocenters. The molecule has 0 aromatic rings. The van der Waals surface area contributed by atoms with Gasteiger partial charge in [-0.15, -0.1) is 0 Å². The Morgan fingerprint density at radius 3 is 1.27 bits per heavy atom. The Kier molecular flexibility index (Phi) is 20.6. The molecule has 0 spiro atoms. The first-order valence-corrected chi connectivity index (χ1v) is 4.80. The summed E-state index contributed by atoms with van der Waals surface area (Å²) in [6.45, 7) is 1.19. The maximum atomic E-state index is 8.57. The molecule has 0 saturated heterocycles. The fourth-order valence-corrected chi connectivity index (χ4v) is 0.250. The molecule has 0 heterocycles. The predicted octanol–water partition coefficient (Wildman–Crippen LogP) is 0.114. The molecule has 1 saturated carbocycles. The van der Waals surface area contributed by atoms with Gasteiger partial charge in [0.05, 0.1) is 0 Å². The van der Waals surface area contributed by atoms with E-state index in [1.54, 1.807) is 0 Å². The van der Waals surface area contributed by atoms with Crippen LogP contribution in [0.25, 0.3) is 0 Å². The fraction of sp³-hybridized carbons (Fsp3) is 1.00. The molecule has 0 radical (unpaired) electrons. The van der Waals surface area contributed by atoms with Gasteiger partial charge in [-0.1, -0.05) is 25.7 Å². The molecule has 0 aliphatic heterocycles. The minimum absolute atomic E-state index is 0.597. The summed E-state index contributed by atoms with van der Waals surface area (Å²) >= 11 is 0. The first-order chi connectivity index (χ1) is 5.33. The molecule has 4 nitrogen and oxygen atoms in total. The van der Waals surface area contributed by atoms with Crippen LogP contribution in [0.4, 0.5) is 0 Å². The van der Waals surface area contributed by atoms with Crippen molar-refractivity contribution in [3.05, 3.63) is 0 Å². The van der Waals surface area contributed by atoms with Crippen molar-refractivity contribution in [3.8, 4) is 0 Å². The molecule has 1 aliphatic rings. The van der Waals surface area contributed by atoms with Crippen LogP contribution in [0.3, 0.4) is 0 Å². The largest absolute Gasteiger partial charge is 0.348 e. The highest BCUT2D eigenvalue weighted by molar-refractivity contribution is 7.16. The van der Waals surface area contributed by atoms with Crippen LogP contribution in [0.2, 0.25) is 0 Å². The lowest BCUT2D eigenvalue weighted by atomic mass is 10.0. The van der Waals surface area contributed by atoms with E-state index >= 15 is 0 Å². The summed E-state index contributed by atoms with van der Waals surface area (Å²) in [6.07, 6.45) is 6.00. The Hall–Kier alpha value is 0.110. The summed E-state index contributed by atoms with van der Waals surface area (Å²) in [6, 6.07) is 0. The van der Waals surface area contributed by atoms with E-state index in [1.165, 1.54) is 25.7 Å². The molecule has 5 N–H and O–H groups in total. The summed E-state index contributed by atoms with van der Waals surface area (Å²) in [7, 11) is -1.50. The second-order valence-corrected chi connectivity index (χ2v) is 2.31. The van der Waals surface area contributed by atoms with Crippen LogP contribution in [0, 0.1) is 0 Å². The van der Waals surface area contributed by atoms with E-state index in [2.05, 4.69) is 0 Å². The molecular weight excluding hydrogens is 163 g/mol. The van der Waals surface area contributed by atoms with Crippen molar-refractivity contribution in [2.24, 2.45) is 11.5 Å².